The average molecular weight is 445 g/mol. The number of ether oxygens (including phenoxy) is 2. The maximum absolute atomic E-state index is 12.7. The Morgan fingerprint density at radius 3 is 2.46 bits per heavy atom. The summed E-state index contributed by atoms with van der Waals surface area (Å²) in [5.74, 6) is -1.70. The summed E-state index contributed by atoms with van der Waals surface area (Å²) in [6, 6.07) is 14.3. The van der Waals surface area contributed by atoms with Gasteiger partial charge in [-0.1, -0.05) is 28.1 Å². The van der Waals surface area contributed by atoms with Gasteiger partial charge in [0.15, 0.2) is 5.76 Å². The van der Waals surface area contributed by atoms with Crippen molar-refractivity contribution in [2.75, 3.05) is 13.7 Å². The number of carbonyl (C=O) groups excluding carboxylic acids is 1. The third-order valence-electron chi connectivity index (χ3n) is 4.66. The van der Waals surface area contributed by atoms with Crippen molar-refractivity contribution < 1.29 is 29.1 Å². The first-order chi connectivity index (χ1) is 13.5. The summed E-state index contributed by atoms with van der Waals surface area (Å²) in [5.41, 5.74) is 1.89. The molecular formula is C21H17BrO6. The lowest BCUT2D eigenvalue weighted by molar-refractivity contribution is -0.231. The van der Waals surface area contributed by atoms with E-state index in [1.807, 2.05) is 24.3 Å². The Bertz CT molecular complexity index is 961. The quantitative estimate of drug-likeness (QED) is 0.561. The fraction of sp³-hybridized carbons (Fsp3) is 0.190. The number of aliphatic hydroxyl groups is 1. The molecule has 2 heterocycles. The van der Waals surface area contributed by atoms with Crippen LogP contribution in [0.15, 0.2) is 76.0 Å². The molecule has 7 heteroatoms. The molecule has 1 unspecified atom stereocenters. The van der Waals surface area contributed by atoms with E-state index in [-0.39, 0.29) is 24.4 Å². The van der Waals surface area contributed by atoms with Crippen LogP contribution in [-0.4, -0.2) is 24.8 Å². The number of esters is 1. The van der Waals surface area contributed by atoms with Crippen LogP contribution in [0.25, 0.3) is 0 Å². The first-order valence-corrected chi connectivity index (χ1v) is 9.39. The molecular weight excluding hydrogens is 428 g/mol. The summed E-state index contributed by atoms with van der Waals surface area (Å²) < 4.78 is 11.6. The van der Waals surface area contributed by atoms with Gasteiger partial charge >= 0.3 is 5.97 Å². The molecule has 2 aliphatic rings. The van der Waals surface area contributed by atoms with E-state index < -0.39 is 11.8 Å². The van der Waals surface area contributed by atoms with Crippen molar-refractivity contribution in [3.05, 3.63) is 87.1 Å². The van der Waals surface area contributed by atoms with E-state index in [1.54, 1.807) is 37.5 Å². The van der Waals surface area contributed by atoms with E-state index in [9.17, 15) is 9.90 Å². The number of benzene rings is 2. The molecule has 144 valence electrons. The molecule has 4 rings (SSSR count). The topological polar surface area (TPSA) is 74.2 Å². The van der Waals surface area contributed by atoms with Gasteiger partial charge < -0.3 is 19.5 Å². The molecule has 0 amide bonds. The van der Waals surface area contributed by atoms with Crippen molar-refractivity contribution in [2.45, 2.75) is 12.2 Å². The highest BCUT2D eigenvalue weighted by Crippen LogP contribution is 2.44. The molecule has 2 aromatic carbocycles. The van der Waals surface area contributed by atoms with E-state index in [2.05, 4.69) is 15.9 Å². The summed E-state index contributed by atoms with van der Waals surface area (Å²) in [4.78, 5) is 22.7. The van der Waals surface area contributed by atoms with Crippen LogP contribution in [0.5, 0.6) is 5.75 Å². The van der Waals surface area contributed by atoms with Crippen LogP contribution in [0.2, 0.25) is 0 Å². The molecule has 0 aliphatic carbocycles. The molecule has 2 aromatic rings. The second-order valence-electron chi connectivity index (χ2n) is 6.36. The third kappa shape index (κ3) is 3.32. The van der Waals surface area contributed by atoms with Crippen LogP contribution in [0.1, 0.15) is 11.1 Å². The Balaban J connectivity index is 1.82. The Hall–Kier alpha value is -2.61. The standard InChI is InChI=1S/C21H17BrO6/c1-25-16-8-4-14(5-9-16)21(24)17(12-13-2-6-15(22)7-3-13)19(20(23)27-21)18-10-11-26-28-18/h2-10,24H,11-12H2,1H3. The highest BCUT2D eigenvalue weighted by Gasteiger charge is 2.49. The smallest absolute Gasteiger partial charge is 0.345 e. The van der Waals surface area contributed by atoms with E-state index >= 15 is 0 Å². The molecule has 0 aromatic heterocycles. The van der Waals surface area contributed by atoms with Gasteiger partial charge in [0.2, 0.25) is 0 Å². The first-order valence-electron chi connectivity index (χ1n) is 8.59. The van der Waals surface area contributed by atoms with Crippen molar-refractivity contribution in [1.82, 2.24) is 0 Å². The van der Waals surface area contributed by atoms with Gasteiger partial charge in [-0.2, -0.15) is 4.89 Å². The Morgan fingerprint density at radius 1 is 1.14 bits per heavy atom. The minimum absolute atomic E-state index is 0.179. The molecule has 0 bridgehead atoms. The van der Waals surface area contributed by atoms with Crippen molar-refractivity contribution in [1.29, 1.82) is 0 Å². The molecule has 6 nitrogen and oxygen atoms in total. The number of hydrogen-bond donors (Lipinski definition) is 1. The van der Waals surface area contributed by atoms with Gasteiger partial charge in [0.05, 0.1) is 7.11 Å². The van der Waals surface area contributed by atoms with Gasteiger partial charge in [-0.3, -0.25) is 0 Å². The highest BCUT2D eigenvalue weighted by atomic mass is 79.9. The molecule has 0 radical (unpaired) electrons. The van der Waals surface area contributed by atoms with Gasteiger partial charge in [0, 0.05) is 22.0 Å². The Kier molecular flexibility index (Phi) is 4.97. The Labute approximate surface area is 170 Å². The fourth-order valence-electron chi connectivity index (χ4n) is 3.24. The minimum atomic E-state index is -1.92. The monoisotopic (exact) mass is 444 g/mol. The second-order valence-corrected chi connectivity index (χ2v) is 7.27. The SMILES string of the molecule is COc1ccc(C2(O)OC(=O)C(C3=CCOO3)=C2Cc2ccc(Br)cc2)cc1. The lowest BCUT2D eigenvalue weighted by atomic mass is 9.89. The number of halogens is 1. The molecule has 28 heavy (non-hydrogen) atoms. The summed E-state index contributed by atoms with van der Waals surface area (Å²) in [6.07, 6.45) is 1.93. The lowest BCUT2D eigenvalue weighted by Crippen LogP contribution is -2.29. The van der Waals surface area contributed by atoms with Crippen LogP contribution >= 0.6 is 15.9 Å². The maximum Gasteiger partial charge on any atom is 0.345 e. The van der Waals surface area contributed by atoms with E-state index in [1.165, 1.54) is 0 Å². The fourth-order valence-corrected chi connectivity index (χ4v) is 3.50. The van der Waals surface area contributed by atoms with Gasteiger partial charge in [-0.05, 0) is 48.0 Å². The average Bonchev–Trinajstić information content (AvgIpc) is 3.31. The molecule has 1 atom stereocenters. The van der Waals surface area contributed by atoms with Crippen LogP contribution in [0.4, 0.5) is 0 Å². The van der Waals surface area contributed by atoms with Gasteiger partial charge in [-0.15, -0.1) is 0 Å². The van der Waals surface area contributed by atoms with Crippen molar-refractivity contribution in [3.63, 3.8) is 0 Å². The molecule has 2 aliphatic heterocycles. The van der Waals surface area contributed by atoms with Gasteiger partial charge in [-0.25, -0.2) is 4.79 Å². The molecule has 0 saturated carbocycles. The zero-order valence-electron chi connectivity index (χ0n) is 15.0. The van der Waals surface area contributed by atoms with Crippen LogP contribution in [0.3, 0.4) is 0 Å². The predicted molar refractivity (Wildman–Crippen MR) is 103 cm³/mol. The first kappa shape index (κ1) is 18.7. The number of methoxy groups -OCH3 is 1. The van der Waals surface area contributed by atoms with Gasteiger partial charge in [0.1, 0.15) is 17.9 Å². The summed E-state index contributed by atoms with van der Waals surface area (Å²) >= 11 is 3.41. The van der Waals surface area contributed by atoms with E-state index in [4.69, 9.17) is 19.2 Å². The molecule has 0 saturated heterocycles. The van der Waals surface area contributed by atoms with Crippen molar-refractivity contribution in [2.24, 2.45) is 0 Å². The highest BCUT2D eigenvalue weighted by molar-refractivity contribution is 9.10. The van der Waals surface area contributed by atoms with Crippen molar-refractivity contribution in [3.8, 4) is 5.75 Å². The predicted octanol–water partition coefficient (Wildman–Crippen LogP) is 3.54. The summed E-state index contributed by atoms with van der Waals surface area (Å²) in [5, 5.41) is 11.4. The molecule has 0 spiro atoms. The zero-order valence-corrected chi connectivity index (χ0v) is 16.6. The largest absolute Gasteiger partial charge is 0.497 e. The molecule has 0 fully saturated rings. The van der Waals surface area contributed by atoms with E-state index in [0.717, 1.165) is 10.0 Å². The lowest BCUT2D eigenvalue weighted by Gasteiger charge is -2.25. The maximum atomic E-state index is 12.7. The number of cyclic esters (lactones) is 1. The second kappa shape index (κ2) is 7.43. The number of carbonyl (C=O) groups is 1. The van der Waals surface area contributed by atoms with Gasteiger partial charge in [0.25, 0.3) is 5.79 Å². The number of hydrogen-bond acceptors (Lipinski definition) is 6. The van der Waals surface area contributed by atoms with Crippen LogP contribution in [0, 0.1) is 0 Å². The van der Waals surface area contributed by atoms with Crippen molar-refractivity contribution >= 4 is 21.9 Å². The zero-order chi connectivity index (χ0) is 19.7. The summed E-state index contributed by atoms with van der Waals surface area (Å²) in [6.45, 7) is 0.221. The normalized spacial score (nSPS) is 21.4. The summed E-state index contributed by atoms with van der Waals surface area (Å²) in [7, 11) is 1.56. The third-order valence-corrected chi connectivity index (χ3v) is 5.19. The van der Waals surface area contributed by atoms with E-state index in [0.29, 0.717) is 16.9 Å². The minimum Gasteiger partial charge on any atom is -0.497 e. The molecule has 1 N–H and O–H groups in total. The Morgan fingerprint density at radius 2 is 1.86 bits per heavy atom. The van der Waals surface area contributed by atoms with Crippen LogP contribution < -0.4 is 4.74 Å². The number of rotatable bonds is 5. The van der Waals surface area contributed by atoms with Crippen LogP contribution in [-0.2, 0) is 31.5 Å².